The molecule has 0 aliphatic carbocycles. The van der Waals surface area contributed by atoms with Crippen molar-refractivity contribution in [2.75, 3.05) is 19.9 Å². The molecule has 0 aromatic heterocycles. The number of phenols is 1. The van der Waals surface area contributed by atoms with E-state index in [2.05, 4.69) is 13.8 Å². The number of carbonyl (C=O) groups excluding carboxylic acids is 1. The number of benzene rings is 2. The highest BCUT2D eigenvalue weighted by molar-refractivity contribution is 5.78. The molecule has 6 heteroatoms. The number of aromatic hydroxyl groups is 1. The van der Waals surface area contributed by atoms with Crippen molar-refractivity contribution < 1.29 is 23.8 Å². The number of amides is 1. The molecule has 0 saturated carbocycles. The molecule has 2 aliphatic rings. The second-order valence-corrected chi connectivity index (χ2v) is 8.29. The fraction of sp³-hybridized carbons (Fsp3) is 0.435. The van der Waals surface area contributed by atoms with E-state index in [9.17, 15) is 14.3 Å². The smallest absolute Gasteiger partial charge is 0.231 e. The van der Waals surface area contributed by atoms with Crippen LogP contribution >= 0.6 is 0 Å². The predicted molar refractivity (Wildman–Crippen MR) is 107 cm³/mol. The lowest BCUT2D eigenvalue weighted by Gasteiger charge is -2.36. The van der Waals surface area contributed by atoms with E-state index in [1.165, 1.54) is 6.07 Å². The van der Waals surface area contributed by atoms with Crippen molar-refractivity contribution in [1.82, 2.24) is 4.90 Å². The maximum Gasteiger partial charge on any atom is 0.231 e. The summed E-state index contributed by atoms with van der Waals surface area (Å²) in [5.41, 5.74) is 1.18. The fourth-order valence-corrected chi connectivity index (χ4v) is 4.52. The monoisotopic (exact) mass is 399 g/mol. The Morgan fingerprint density at radius 2 is 1.90 bits per heavy atom. The maximum atomic E-state index is 14.1. The normalized spacial score (nSPS) is 21.8. The minimum Gasteiger partial charge on any atom is -0.505 e. The second kappa shape index (κ2) is 7.93. The quantitative estimate of drug-likeness (QED) is 0.833. The Kier molecular flexibility index (Phi) is 5.35. The molecule has 1 amide bonds. The summed E-state index contributed by atoms with van der Waals surface area (Å²) in [6.07, 6.45) is 1.26. The van der Waals surface area contributed by atoms with Gasteiger partial charge in [-0.1, -0.05) is 32.0 Å². The zero-order valence-electron chi connectivity index (χ0n) is 16.7. The van der Waals surface area contributed by atoms with Crippen molar-refractivity contribution in [2.24, 2.45) is 11.8 Å². The summed E-state index contributed by atoms with van der Waals surface area (Å²) in [6.45, 7) is 5.92. The van der Waals surface area contributed by atoms with E-state index in [4.69, 9.17) is 9.47 Å². The molecule has 1 N–H and O–H groups in total. The number of piperidine rings is 1. The number of fused-ring (bicyclic) bond motifs is 1. The van der Waals surface area contributed by atoms with Crippen molar-refractivity contribution in [1.29, 1.82) is 0 Å². The van der Waals surface area contributed by atoms with Crippen molar-refractivity contribution in [3.63, 3.8) is 0 Å². The van der Waals surface area contributed by atoms with E-state index in [-0.39, 0.29) is 19.1 Å². The topological polar surface area (TPSA) is 59.0 Å². The number of halogens is 1. The minimum absolute atomic E-state index is 0.00901. The first-order chi connectivity index (χ1) is 13.9. The molecule has 2 aliphatic heterocycles. The highest BCUT2D eigenvalue weighted by Gasteiger charge is 2.30. The Bertz CT molecular complexity index is 906. The number of carbonyl (C=O) groups is 1. The zero-order chi connectivity index (χ0) is 20.5. The van der Waals surface area contributed by atoms with E-state index in [0.29, 0.717) is 28.9 Å². The van der Waals surface area contributed by atoms with Gasteiger partial charge in [-0.2, -0.15) is 0 Å². The van der Waals surface area contributed by atoms with E-state index < -0.39 is 17.5 Å². The zero-order valence-corrected chi connectivity index (χ0v) is 16.7. The third-order valence-corrected chi connectivity index (χ3v) is 5.79. The van der Waals surface area contributed by atoms with Crippen LogP contribution in [0.2, 0.25) is 0 Å². The Balaban J connectivity index is 1.67. The lowest BCUT2D eigenvalue weighted by molar-refractivity contribution is -0.134. The fourth-order valence-electron chi connectivity index (χ4n) is 4.52. The van der Waals surface area contributed by atoms with Crippen LogP contribution in [0.5, 0.6) is 17.2 Å². The number of rotatable bonds is 4. The molecule has 3 atom stereocenters. The van der Waals surface area contributed by atoms with Crippen molar-refractivity contribution >= 4 is 5.91 Å². The van der Waals surface area contributed by atoms with Crippen LogP contribution in [-0.2, 0) is 4.79 Å². The van der Waals surface area contributed by atoms with Gasteiger partial charge in [0.25, 0.3) is 0 Å². The van der Waals surface area contributed by atoms with Gasteiger partial charge in [0.1, 0.15) is 0 Å². The van der Waals surface area contributed by atoms with Crippen LogP contribution in [0.4, 0.5) is 4.39 Å². The molecule has 2 heterocycles. The van der Waals surface area contributed by atoms with Crippen LogP contribution < -0.4 is 9.47 Å². The molecule has 2 aromatic carbocycles. The molecule has 5 nitrogen and oxygen atoms in total. The number of hydrogen-bond acceptors (Lipinski definition) is 4. The van der Waals surface area contributed by atoms with Gasteiger partial charge in [-0.25, -0.2) is 4.39 Å². The number of nitrogens with zero attached hydrogens (tertiary/aromatic N) is 1. The summed E-state index contributed by atoms with van der Waals surface area (Å²) in [5.74, 6) is 0.555. The molecular weight excluding hydrogens is 373 g/mol. The van der Waals surface area contributed by atoms with Crippen LogP contribution in [0.15, 0.2) is 36.4 Å². The number of hydrogen-bond donors (Lipinski definition) is 1. The SMILES string of the molecule is CC1CC(C)CN(C(=O)CC(c2ccc3c(c2)OCO3)c2cccc(F)c2O)C1. The number of likely N-dealkylation sites (tertiary alicyclic amines) is 1. The average Bonchev–Trinajstić information content (AvgIpc) is 3.15. The highest BCUT2D eigenvalue weighted by atomic mass is 19.1. The first-order valence-corrected chi connectivity index (χ1v) is 10.1. The molecule has 29 heavy (non-hydrogen) atoms. The Morgan fingerprint density at radius 1 is 1.17 bits per heavy atom. The number of ether oxygens (including phenoxy) is 2. The average molecular weight is 399 g/mol. The molecule has 0 spiro atoms. The Labute approximate surface area is 170 Å². The van der Waals surface area contributed by atoms with E-state index >= 15 is 0 Å². The van der Waals surface area contributed by atoms with Gasteiger partial charge < -0.3 is 19.5 Å². The van der Waals surface area contributed by atoms with Crippen molar-refractivity contribution in [3.8, 4) is 17.2 Å². The molecule has 154 valence electrons. The summed E-state index contributed by atoms with van der Waals surface area (Å²) < 4.78 is 24.9. The number of para-hydroxylation sites is 1. The van der Waals surface area contributed by atoms with E-state index in [1.807, 2.05) is 17.0 Å². The summed E-state index contributed by atoms with van der Waals surface area (Å²) in [5, 5.41) is 10.4. The van der Waals surface area contributed by atoms with Crippen LogP contribution in [0, 0.1) is 17.7 Å². The van der Waals surface area contributed by atoms with Gasteiger partial charge in [0.2, 0.25) is 12.7 Å². The van der Waals surface area contributed by atoms with Crippen LogP contribution in [0.1, 0.15) is 43.7 Å². The van der Waals surface area contributed by atoms with E-state index in [1.54, 1.807) is 18.2 Å². The third kappa shape index (κ3) is 4.02. The van der Waals surface area contributed by atoms with Crippen LogP contribution in [0.3, 0.4) is 0 Å². The summed E-state index contributed by atoms with van der Waals surface area (Å²) in [4.78, 5) is 15.1. The molecule has 0 radical (unpaired) electrons. The highest BCUT2D eigenvalue weighted by Crippen LogP contribution is 2.40. The van der Waals surface area contributed by atoms with Gasteiger partial charge in [-0.05, 0) is 42.0 Å². The Hall–Kier alpha value is -2.76. The van der Waals surface area contributed by atoms with Crippen LogP contribution in [-0.4, -0.2) is 35.8 Å². The molecule has 4 rings (SSSR count). The molecule has 2 aromatic rings. The van der Waals surface area contributed by atoms with Crippen molar-refractivity contribution in [2.45, 2.75) is 32.6 Å². The maximum absolute atomic E-state index is 14.1. The third-order valence-electron chi connectivity index (χ3n) is 5.79. The summed E-state index contributed by atoms with van der Waals surface area (Å²) in [7, 11) is 0. The standard InChI is InChI=1S/C23H26FNO4/c1-14-8-15(2)12-25(11-14)22(26)10-18(17-4-3-5-19(24)23(17)27)16-6-7-20-21(9-16)29-13-28-20/h3-7,9,14-15,18,27H,8,10-13H2,1-2H3. The van der Waals surface area contributed by atoms with Gasteiger partial charge in [0.05, 0.1) is 0 Å². The first-order valence-electron chi connectivity index (χ1n) is 10.1. The lowest BCUT2D eigenvalue weighted by atomic mass is 9.86. The first kappa shape index (κ1) is 19.6. The minimum atomic E-state index is -0.694. The van der Waals surface area contributed by atoms with Gasteiger partial charge in [0, 0.05) is 31.0 Å². The number of phenolic OH excluding ortho intramolecular Hbond substituents is 1. The Morgan fingerprint density at radius 3 is 2.66 bits per heavy atom. The van der Waals surface area contributed by atoms with Crippen LogP contribution in [0.25, 0.3) is 0 Å². The summed E-state index contributed by atoms with van der Waals surface area (Å²) in [6, 6.07) is 9.88. The molecule has 0 bridgehead atoms. The van der Waals surface area contributed by atoms with E-state index in [0.717, 1.165) is 25.1 Å². The van der Waals surface area contributed by atoms with Gasteiger partial charge in [0.15, 0.2) is 23.1 Å². The largest absolute Gasteiger partial charge is 0.505 e. The predicted octanol–water partition coefficient (Wildman–Crippen LogP) is 4.29. The van der Waals surface area contributed by atoms with Crippen molar-refractivity contribution in [3.05, 3.63) is 53.3 Å². The summed E-state index contributed by atoms with van der Waals surface area (Å²) >= 11 is 0. The van der Waals surface area contributed by atoms with Gasteiger partial charge >= 0.3 is 0 Å². The lowest BCUT2D eigenvalue weighted by Crippen LogP contribution is -2.43. The molecule has 3 unspecified atom stereocenters. The molecule has 1 saturated heterocycles. The van der Waals surface area contributed by atoms with Gasteiger partial charge in [-0.15, -0.1) is 0 Å². The second-order valence-electron chi connectivity index (χ2n) is 8.29. The van der Waals surface area contributed by atoms with Gasteiger partial charge in [-0.3, -0.25) is 4.79 Å². The molecule has 1 fully saturated rings. The molecular formula is C23H26FNO4.